The van der Waals surface area contributed by atoms with Crippen LogP contribution in [0.5, 0.6) is 0 Å². The maximum atomic E-state index is 11.0. The summed E-state index contributed by atoms with van der Waals surface area (Å²) in [6, 6.07) is 2.21. The first-order valence-electron chi connectivity index (χ1n) is 3.84. The van der Waals surface area contributed by atoms with E-state index in [1.54, 1.807) is 0 Å². The fraction of sp³-hybridized carbons (Fsp3) is 0.143. The Morgan fingerprint density at radius 1 is 1.40 bits per heavy atom. The van der Waals surface area contributed by atoms with E-state index in [4.69, 9.17) is 16.7 Å². The average molecular weight is 231 g/mol. The zero-order valence-corrected chi connectivity index (χ0v) is 8.15. The number of aromatic nitrogens is 2. The highest BCUT2D eigenvalue weighted by Gasteiger charge is 2.04. The normalized spacial score (nSPS) is 9.40. The van der Waals surface area contributed by atoms with E-state index >= 15 is 0 Å². The number of halogens is 1. The van der Waals surface area contributed by atoms with Crippen LogP contribution in [0.2, 0.25) is 5.15 Å². The van der Waals surface area contributed by atoms with E-state index in [1.807, 2.05) is 0 Å². The number of hydrogen-bond acceptors (Lipinski definition) is 4. The monoisotopic (exact) mass is 230 g/mol. The fourth-order valence-electron chi connectivity index (χ4n) is 0.699. The van der Waals surface area contributed by atoms with Gasteiger partial charge in [-0.05, 0) is 12.1 Å². The van der Waals surface area contributed by atoms with Crippen LogP contribution in [0.4, 0.5) is 10.6 Å². The summed E-state index contributed by atoms with van der Waals surface area (Å²) in [4.78, 5) is 21.1. The smallest absolute Gasteiger partial charge is 0.323 e. The molecule has 0 saturated heterocycles. The Kier molecular flexibility index (Phi) is 3.81. The highest BCUT2D eigenvalue weighted by atomic mass is 35.5. The Labute approximate surface area is 89.5 Å². The van der Waals surface area contributed by atoms with E-state index in [2.05, 4.69) is 20.8 Å². The number of anilines is 1. The van der Waals surface area contributed by atoms with Crippen molar-refractivity contribution < 1.29 is 14.7 Å². The van der Waals surface area contributed by atoms with Gasteiger partial charge in [0.1, 0.15) is 6.54 Å². The van der Waals surface area contributed by atoms with Crippen molar-refractivity contribution in [2.24, 2.45) is 0 Å². The van der Waals surface area contributed by atoms with Gasteiger partial charge >= 0.3 is 12.0 Å². The van der Waals surface area contributed by atoms with Gasteiger partial charge in [-0.1, -0.05) is 11.6 Å². The Balaban J connectivity index is 2.44. The second-order valence-corrected chi connectivity index (χ2v) is 2.83. The number of amides is 2. The summed E-state index contributed by atoms with van der Waals surface area (Å²) in [7, 11) is 0. The van der Waals surface area contributed by atoms with E-state index < -0.39 is 18.5 Å². The minimum Gasteiger partial charge on any atom is -0.480 e. The molecule has 3 N–H and O–H groups in total. The summed E-state index contributed by atoms with van der Waals surface area (Å²) in [5.41, 5.74) is 0. The minimum absolute atomic E-state index is 0.183. The largest absolute Gasteiger partial charge is 0.480 e. The highest BCUT2D eigenvalue weighted by Crippen LogP contribution is 2.05. The van der Waals surface area contributed by atoms with Crippen molar-refractivity contribution in [2.45, 2.75) is 0 Å². The van der Waals surface area contributed by atoms with Crippen LogP contribution in [-0.4, -0.2) is 33.8 Å². The third kappa shape index (κ3) is 4.23. The van der Waals surface area contributed by atoms with Gasteiger partial charge in [-0.15, -0.1) is 10.2 Å². The van der Waals surface area contributed by atoms with Crippen molar-refractivity contribution in [3.63, 3.8) is 0 Å². The molecule has 0 saturated carbocycles. The van der Waals surface area contributed by atoms with Crippen molar-refractivity contribution in [2.75, 3.05) is 11.9 Å². The molecule has 0 radical (unpaired) electrons. The van der Waals surface area contributed by atoms with E-state index in [-0.39, 0.29) is 11.0 Å². The first kappa shape index (κ1) is 11.2. The Morgan fingerprint density at radius 2 is 2.13 bits per heavy atom. The SMILES string of the molecule is O=C(O)CNC(=O)Nc1ccc(Cl)nn1. The zero-order valence-electron chi connectivity index (χ0n) is 7.40. The predicted octanol–water partition coefficient (Wildman–Crippen LogP) is 0.336. The van der Waals surface area contributed by atoms with Gasteiger partial charge in [0.2, 0.25) is 0 Å². The van der Waals surface area contributed by atoms with Gasteiger partial charge in [-0.25, -0.2) is 4.79 Å². The summed E-state index contributed by atoms with van der Waals surface area (Å²) in [6.45, 7) is -0.465. The number of hydrogen-bond donors (Lipinski definition) is 3. The Bertz CT molecular complexity index is 367. The quantitative estimate of drug-likeness (QED) is 0.694. The molecule has 7 nitrogen and oxygen atoms in total. The lowest BCUT2D eigenvalue weighted by molar-refractivity contribution is -0.135. The van der Waals surface area contributed by atoms with Gasteiger partial charge in [0.05, 0.1) is 0 Å². The summed E-state index contributed by atoms with van der Waals surface area (Å²) in [5.74, 6) is -0.949. The van der Waals surface area contributed by atoms with E-state index in [0.717, 1.165) is 0 Å². The molecule has 0 bridgehead atoms. The number of carboxylic acid groups (broad SMARTS) is 1. The standard InChI is InChI=1S/C7H7ClN4O3/c8-4-1-2-5(12-11-4)10-7(15)9-3-6(13)14/h1-2H,3H2,(H,13,14)(H2,9,10,12,15). The van der Waals surface area contributed by atoms with Crippen LogP contribution in [0, 0.1) is 0 Å². The fourth-order valence-corrected chi connectivity index (χ4v) is 0.800. The molecule has 0 unspecified atom stereocenters. The second-order valence-electron chi connectivity index (χ2n) is 2.44. The van der Waals surface area contributed by atoms with Crippen LogP contribution in [0.15, 0.2) is 12.1 Å². The second kappa shape index (κ2) is 5.11. The minimum atomic E-state index is -1.13. The van der Waals surface area contributed by atoms with Crippen LogP contribution in [0.25, 0.3) is 0 Å². The lowest BCUT2D eigenvalue weighted by atomic mass is 10.5. The number of nitrogens with zero attached hydrogens (tertiary/aromatic N) is 2. The van der Waals surface area contributed by atoms with Crippen LogP contribution in [0.1, 0.15) is 0 Å². The number of carbonyl (C=O) groups is 2. The molecular formula is C7H7ClN4O3. The maximum Gasteiger partial charge on any atom is 0.323 e. The summed E-state index contributed by atoms with van der Waals surface area (Å²) in [5, 5.41) is 19.9. The molecule has 1 aromatic rings. The molecular weight excluding hydrogens is 224 g/mol. The van der Waals surface area contributed by atoms with Gasteiger partial charge in [0.15, 0.2) is 11.0 Å². The van der Waals surface area contributed by atoms with Gasteiger partial charge in [0, 0.05) is 0 Å². The molecule has 15 heavy (non-hydrogen) atoms. The summed E-state index contributed by atoms with van der Waals surface area (Å²) >= 11 is 5.47. The molecule has 0 aliphatic carbocycles. The van der Waals surface area contributed by atoms with Crippen molar-refractivity contribution in [3.8, 4) is 0 Å². The van der Waals surface area contributed by atoms with Crippen LogP contribution < -0.4 is 10.6 Å². The first-order chi connectivity index (χ1) is 7.08. The van der Waals surface area contributed by atoms with Crippen LogP contribution >= 0.6 is 11.6 Å². The number of rotatable bonds is 3. The third-order valence-electron chi connectivity index (χ3n) is 1.27. The van der Waals surface area contributed by atoms with Crippen molar-refractivity contribution in [1.29, 1.82) is 0 Å². The molecule has 2 amide bonds. The number of urea groups is 1. The lowest BCUT2D eigenvalue weighted by Crippen LogP contribution is -2.33. The Morgan fingerprint density at radius 3 is 2.67 bits per heavy atom. The molecule has 1 rings (SSSR count). The molecule has 1 aromatic heterocycles. The number of carbonyl (C=O) groups excluding carboxylic acids is 1. The van der Waals surface area contributed by atoms with Crippen LogP contribution in [0.3, 0.4) is 0 Å². The van der Waals surface area contributed by atoms with Crippen LogP contribution in [-0.2, 0) is 4.79 Å². The van der Waals surface area contributed by atoms with E-state index in [0.29, 0.717) is 0 Å². The van der Waals surface area contributed by atoms with Gasteiger partial charge in [0.25, 0.3) is 0 Å². The van der Waals surface area contributed by atoms with Gasteiger partial charge in [-0.2, -0.15) is 0 Å². The highest BCUT2D eigenvalue weighted by molar-refractivity contribution is 6.29. The molecule has 8 heteroatoms. The molecule has 0 atom stereocenters. The third-order valence-corrected chi connectivity index (χ3v) is 1.48. The van der Waals surface area contributed by atoms with Gasteiger partial charge in [-0.3, -0.25) is 10.1 Å². The van der Waals surface area contributed by atoms with Crippen molar-refractivity contribution in [1.82, 2.24) is 15.5 Å². The molecule has 0 aliphatic rings. The summed E-state index contributed by atoms with van der Waals surface area (Å²) in [6.07, 6.45) is 0. The number of aliphatic carboxylic acids is 1. The average Bonchev–Trinajstić information content (AvgIpc) is 2.19. The molecule has 80 valence electrons. The lowest BCUT2D eigenvalue weighted by Gasteiger charge is -2.03. The molecule has 0 aromatic carbocycles. The van der Waals surface area contributed by atoms with E-state index in [9.17, 15) is 9.59 Å². The predicted molar refractivity (Wildman–Crippen MR) is 51.7 cm³/mol. The van der Waals surface area contributed by atoms with Crippen molar-refractivity contribution in [3.05, 3.63) is 17.3 Å². The first-order valence-corrected chi connectivity index (χ1v) is 4.21. The molecule has 0 spiro atoms. The summed E-state index contributed by atoms with van der Waals surface area (Å²) < 4.78 is 0. The Hall–Kier alpha value is -1.89. The number of nitrogens with one attached hydrogen (secondary N) is 2. The topological polar surface area (TPSA) is 104 Å². The zero-order chi connectivity index (χ0) is 11.3. The van der Waals surface area contributed by atoms with Gasteiger partial charge < -0.3 is 10.4 Å². The molecule has 0 fully saturated rings. The van der Waals surface area contributed by atoms with E-state index in [1.165, 1.54) is 12.1 Å². The molecule has 1 heterocycles. The maximum absolute atomic E-state index is 11.0. The van der Waals surface area contributed by atoms with Crippen molar-refractivity contribution >= 4 is 29.4 Å². The number of carboxylic acids is 1. The molecule has 0 aliphatic heterocycles.